The minimum Gasteiger partial charge on any atom is -0.507 e. The number of aromatic hydroxyl groups is 1. The number of phenolic OH excluding ortho intramolecular Hbond substituents is 1. The summed E-state index contributed by atoms with van der Waals surface area (Å²) < 4.78 is 0.784. The van der Waals surface area contributed by atoms with Gasteiger partial charge in [-0.05, 0) is 40.8 Å². The van der Waals surface area contributed by atoms with E-state index < -0.39 is 17.9 Å². The average molecular weight is 374 g/mol. The zero-order chi connectivity index (χ0) is 14.2. The zero-order valence-corrected chi connectivity index (χ0v) is 12.2. The Morgan fingerprint density at radius 1 is 1.47 bits per heavy atom. The SMILES string of the molecule is CN1C(=O)CC(NC(=O)c2cc(I)ccc2O)C1=O. The summed E-state index contributed by atoms with van der Waals surface area (Å²) in [6, 6.07) is 3.72. The number of amides is 3. The van der Waals surface area contributed by atoms with Crippen LogP contribution in [-0.4, -0.2) is 40.8 Å². The summed E-state index contributed by atoms with van der Waals surface area (Å²) in [5.41, 5.74) is 0.0849. The van der Waals surface area contributed by atoms with Gasteiger partial charge in [-0.15, -0.1) is 0 Å². The molecule has 0 saturated carbocycles. The fraction of sp³-hybridized carbons (Fsp3) is 0.250. The Bertz CT molecular complexity index is 573. The number of benzene rings is 1. The Morgan fingerprint density at radius 3 is 2.74 bits per heavy atom. The Hall–Kier alpha value is -1.64. The first-order valence-electron chi connectivity index (χ1n) is 5.50. The molecule has 0 spiro atoms. The number of likely N-dealkylation sites (N-methyl/N-ethyl adjacent to an activating group) is 1. The first kappa shape index (κ1) is 13.8. The first-order chi connectivity index (χ1) is 8.90. The van der Waals surface area contributed by atoms with E-state index in [1.807, 2.05) is 22.6 Å². The van der Waals surface area contributed by atoms with Crippen molar-refractivity contribution in [1.29, 1.82) is 0 Å². The van der Waals surface area contributed by atoms with Gasteiger partial charge in [0, 0.05) is 10.6 Å². The fourth-order valence-corrected chi connectivity index (χ4v) is 2.29. The van der Waals surface area contributed by atoms with Crippen LogP contribution >= 0.6 is 22.6 Å². The van der Waals surface area contributed by atoms with Crippen molar-refractivity contribution < 1.29 is 19.5 Å². The third-order valence-corrected chi connectivity index (χ3v) is 3.56. The molecule has 1 atom stereocenters. The highest BCUT2D eigenvalue weighted by Crippen LogP contribution is 2.20. The molecule has 1 unspecified atom stereocenters. The van der Waals surface area contributed by atoms with E-state index in [0.717, 1.165) is 8.47 Å². The fourth-order valence-electron chi connectivity index (χ4n) is 1.79. The third-order valence-electron chi connectivity index (χ3n) is 2.89. The van der Waals surface area contributed by atoms with Crippen LogP contribution in [-0.2, 0) is 9.59 Å². The Labute approximate surface area is 122 Å². The number of nitrogens with one attached hydrogen (secondary N) is 1. The predicted molar refractivity (Wildman–Crippen MR) is 74.5 cm³/mol. The van der Waals surface area contributed by atoms with E-state index in [2.05, 4.69) is 5.32 Å². The molecule has 1 saturated heterocycles. The van der Waals surface area contributed by atoms with E-state index in [1.54, 1.807) is 6.07 Å². The van der Waals surface area contributed by atoms with Crippen molar-refractivity contribution in [3.05, 3.63) is 27.3 Å². The number of hydrogen-bond acceptors (Lipinski definition) is 4. The maximum atomic E-state index is 12.0. The lowest BCUT2D eigenvalue weighted by Crippen LogP contribution is -2.40. The van der Waals surface area contributed by atoms with Crippen molar-refractivity contribution in [2.24, 2.45) is 0 Å². The standard InChI is InChI=1S/C12H11IN2O4/c1-15-10(17)5-8(12(15)19)14-11(18)7-4-6(13)2-3-9(7)16/h2-4,8,16H,5H2,1H3,(H,14,18). The molecule has 0 radical (unpaired) electrons. The van der Waals surface area contributed by atoms with Gasteiger partial charge in [-0.1, -0.05) is 0 Å². The van der Waals surface area contributed by atoms with E-state index in [9.17, 15) is 19.5 Å². The second-order valence-corrected chi connectivity index (χ2v) is 5.43. The van der Waals surface area contributed by atoms with Crippen LogP contribution in [0.25, 0.3) is 0 Å². The van der Waals surface area contributed by atoms with Gasteiger partial charge in [-0.25, -0.2) is 0 Å². The van der Waals surface area contributed by atoms with Gasteiger partial charge in [0.25, 0.3) is 11.8 Å². The lowest BCUT2D eigenvalue weighted by atomic mass is 10.1. The number of phenols is 1. The number of likely N-dealkylation sites (tertiary alicyclic amines) is 1. The molecule has 1 aromatic carbocycles. The van der Waals surface area contributed by atoms with Crippen LogP contribution in [0.3, 0.4) is 0 Å². The lowest BCUT2D eigenvalue weighted by Gasteiger charge is -2.12. The van der Waals surface area contributed by atoms with E-state index in [-0.39, 0.29) is 23.6 Å². The van der Waals surface area contributed by atoms with Crippen LogP contribution in [0.15, 0.2) is 18.2 Å². The molecule has 100 valence electrons. The molecule has 6 nitrogen and oxygen atoms in total. The van der Waals surface area contributed by atoms with Crippen LogP contribution in [0.1, 0.15) is 16.8 Å². The van der Waals surface area contributed by atoms with Crippen molar-refractivity contribution in [1.82, 2.24) is 10.2 Å². The maximum absolute atomic E-state index is 12.0. The predicted octanol–water partition coefficient (Wildman–Crippen LogP) is 0.484. The molecule has 1 aliphatic rings. The quantitative estimate of drug-likeness (QED) is 0.583. The molecule has 2 rings (SSSR count). The molecular formula is C12H11IN2O4. The summed E-state index contributed by atoms with van der Waals surface area (Å²) in [7, 11) is 1.37. The van der Waals surface area contributed by atoms with Crippen molar-refractivity contribution >= 4 is 40.3 Å². The van der Waals surface area contributed by atoms with Gasteiger partial charge in [-0.2, -0.15) is 0 Å². The molecule has 1 fully saturated rings. The Morgan fingerprint density at radius 2 is 2.16 bits per heavy atom. The van der Waals surface area contributed by atoms with Crippen molar-refractivity contribution in [3.8, 4) is 5.75 Å². The molecule has 3 amide bonds. The van der Waals surface area contributed by atoms with Crippen molar-refractivity contribution in [2.75, 3.05) is 7.05 Å². The molecule has 0 aromatic heterocycles. The molecule has 0 bridgehead atoms. The second-order valence-electron chi connectivity index (χ2n) is 4.18. The molecule has 7 heteroatoms. The molecule has 1 heterocycles. The minimum atomic E-state index is -0.859. The molecule has 2 N–H and O–H groups in total. The molecule has 1 aromatic rings. The van der Waals surface area contributed by atoms with Crippen LogP contribution in [0.5, 0.6) is 5.75 Å². The number of rotatable bonds is 2. The monoisotopic (exact) mass is 374 g/mol. The lowest BCUT2D eigenvalue weighted by molar-refractivity contribution is -0.137. The maximum Gasteiger partial charge on any atom is 0.255 e. The van der Waals surface area contributed by atoms with Gasteiger partial charge in [0.2, 0.25) is 5.91 Å². The van der Waals surface area contributed by atoms with Gasteiger partial charge in [-0.3, -0.25) is 19.3 Å². The largest absolute Gasteiger partial charge is 0.507 e. The smallest absolute Gasteiger partial charge is 0.255 e. The molecular weight excluding hydrogens is 363 g/mol. The highest BCUT2D eigenvalue weighted by molar-refractivity contribution is 14.1. The molecule has 19 heavy (non-hydrogen) atoms. The third kappa shape index (κ3) is 2.70. The summed E-state index contributed by atoms with van der Waals surface area (Å²) in [5.74, 6) is -1.51. The van der Waals surface area contributed by atoms with Gasteiger partial charge in [0.05, 0.1) is 12.0 Å². The molecule has 1 aliphatic heterocycles. The first-order valence-corrected chi connectivity index (χ1v) is 6.58. The van der Waals surface area contributed by atoms with E-state index in [0.29, 0.717) is 0 Å². The second kappa shape index (κ2) is 5.16. The van der Waals surface area contributed by atoms with Gasteiger partial charge in [0.1, 0.15) is 11.8 Å². The minimum absolute atomic E-state index is 0.0498. The van der Waals surface area contributed by atoms with Crippen LogP contribution in [0.2, 0.25) is 0 Å². The number of imide groups is 1. The summed E-state index contributed by atoms with van der Waals surface area (Å²) in [5, 5.41) is 12.1. The van der Waals surface area contributed by atoms with Crippen molar-refractivity contribution in [2.45, 2.75) is 12.5 Å². The number of halogens is 1. The Balaban J connectivity index is 2.16. The number of nitrogens with zero attached hydrogens (tertiary/aromatic N) is 1. The summed E-state index contributed by atoms with van der Waals surface area (Å²) >= 11 is 2.01. The van der Waals surface area contributed by atoms with E-state index in [4.69, 9.17) is 0 Å². The van der Waals surface area contributed by atoms with Crippen molar-refractivity contribution in [3.63, 3.8) is 0 Å². The van der Waals surface area contributed by atoms with Crippen LogP contribution in [0.4, 0.5) is 0 Å². The van der Waals surface area contributed by atoms with Crippen LogP contribution in [0, 0.1) is 3.57 Å². The highest BCUT2D eigenvalue weighted by Gasteiger charge is 2.37. The topological polar surface area (TPSA) is 86.7 Å². The normalized spacial score (nSPS) is 18.8. The molecule has 0 aliphatic carbocycles. The summed E-state index contributed by atoms with van der Waals surface area (Å²) in [6.07, 6.45) is -0.0498. The van der Waals surface area contributed by atoms with Gasteiger partial charge in [0.15, 0.2) is 0 Å². The van der Waals surface area contributed by atoms with Gasteiger partial charge < -0.3 is 10.4 Å². The Kier molecular flexibility index (Phi) is 3.74. The van der Waals surface area contributed by atoms with E-state index >= 15 is 0 Å². The zero-order valence-electron chi connectivity index (χ0n) is 10.0. The number of carbonyl (C=O) groups is 3. The van der Waals surface area contributed by atoms with Gasteiger partial charge >= 0.3 is 0 Å². The highest BCUT2D eigenvalue weighted by atomic mass is 127. The van der Waals surface area contributed by atoms with Crippen LogP contribution < -0.4 is 5.32 Å². The summed E-state index contributed by atoms with van der Waals surface area (Å²) in [4.78, 5) is 36.0. The number of carbonyl (C=O) groups excluding carboxylic acids is 3. The number of hydrogen-bond donors (Lipinski definition) is 2. The van der Waals surface area contributed by atoms with E-state index in [1.165, 1.54) is 19.2 Å². The average Bonchev–Trinajstić information content (AvgIpc) is 2.60. The summed E-state index contributed by atoms with van der Waals surface area (Å²) in [6.45, 7) is 0.